The number of benzene rings is 2. The maximum atomic E-state index is 12.4. The van der Waals surface area contributed by atoms with Gasteiger partial charge in [-0.25, -0.2) is 0 Å². The highest BCUT2D eigenvalue weighted by atomic mass is 32.1. The number of carbonyl (C=O) groups excluding carboxylic acids is 2. The Morgan fingerprint density at radius 2 is 1.71 bits per heavy atom. The van der Waals surface area contributed by atoms with Crippen LogP contribution in [-0.2, 0) is 4.79 Å². The van der Waals surface area contributed by atoms with Gasteiger partial charge in [0.05, 0.1) is 6.61 Å². The quantitative estimate of drug-likeness (QED) is 0.608. The maximum Gasteiger partial charge on any atom is 0.257 e. The standard InChI is InChI=1S/C21H25N3O3S/c1-4-19(25)22-16-8-6-9-17(12-16)23-21(28)24-20(26)15-7-5-10-18(11-15)27-13-14(2)3/h5-12,14H,4,13H2,1-3H3,(H,22,25)(H2,23,24,26,28). The molecular weight excluding hydrogens is 374 g/mol. The van der Waals surface area contributed by atoms with Crippen LogP contribution in [0.1, 0.15) is 37.6 Å². The van der Waals surface area contributed by atoms with Crippen molar-refractivity contribution in [3.05, 3.63) is 54.1 Å². The first-order chi connectivity index (χ1) is 13.4. The van der Waals surface area contributed by atoms with Crippen molar-refractivity contribution >= 4 is 40.5 Å². The summed E-state index contributed by atoms with van der Waals surface area (Å²) in [6.45, 7) is 6.48. The molecule has 2 aromatic rings. The van der Waals surface area contributed by atoms with Crippen LogP contribution in [0.2, 0.25) is 0 Å². The number of ether oxygens (including phenoxy) is 1. The van der Waals surface area contributed by atoms with Crippen molar-refractivity contribution in [3.63, 3.8) is 0 Å². The fourth-order valence-corrected chi connectivity index (χ4v) is 2.46. The van der Waals surface area contributed by atoms with Gasteiger partial charge in [-0.1, -0.05) is 32.9 Å². The highest BCUT2D eigenvalue weighted by Gasteiger charge is 2.10. The molecule has 3 N–H and O–H groups in total. The lowest BCUT2D eigenvalue weighted by Gasteiger charge is -2.12. The van der Waals surface area contributed by atoms with E-state index in [0.29, 0.717) is 41.6 Å². The van der Waals surface area contributed by atoms with Crippen LogP contribution in [-0.4, -0.2) is 23.5 Å². The Hall–Kier alpha value is -2.93. The van der Waals surface area contributed by atoms with Crippen molar-refractivity contribution in [2.75, 3.05) is 17.2 Å². The first-order valence-electron chi connectivity index (χ1n) is 9.12. The molecule has 2 rings (SSSR count). The van der Waals surface area contributed by atoms with Gasteiger partial charge in [-0.15, -0.1) is 0 Å². The third kappa shape index (κ3) is 7.00. The molecule has 28 heavy (non-hydrogen) atoms. The van der Waals surface area contributed by atoms with Crippen LogP contribution in [0.4, 0.5) is 11.4 Å². The van der Waals surface area contributed by atoms with E-state index in [1.807, 2.05) is 6.07 Å². The predicted molar refractivity (Wildman–Crippen MR) is 116 cm³/mol. The van der Waals surface area contributed by atoms with E-state index in [2.05, 4.69) is 29.8 Å². The zero-order chi connectivity index (χ0) is 20.5. The molecule has 0 saturated heterocycles. The molecular formula is C21H25N3O3S. The fourth-order valence-electron chi connectivity index (χ4n) is 2.25. The van der Waals surface area contributed by atoms with Gasteiger partial charge in [0, 0.05) is 23.4 Å². The summed E-state index contributed by atoms with van der Waals surface area (Å²) in [5, 5.41) is 8.53. The van der Waals surface area contributed by atoms with E-state index in [1.54, 1.807) is 49.4 Å². The second-order valence-electron chi connectivity index (χ2n) is 6.62. The van der Waals surface area contributed by atoms with E-state index < -0.39 is 0 Å². The second kappa shape index (κ2) is 10.4. The Morgan fingerprint density at radius 3 is 2.39 bits per heavy atom. The largest absolute Gasteiger partial charge is 0.493 e. The van der Waals surface area contributed by atoms with Gasteiger partial charge in [0.25, 0.3) is 5.91 Å². The van der Waals surface area contributed by atoms with Crippen molar-refractivity contribution in [1.82, 2.24) is 5.32 Å². The molecule has 0 aromatic heterocycles. The lowest BCUT2D eigenvalue weighted by atomic mass is 10.2. The Morgan fingerprint density at radius 1 is 1.04 bits per heavy atom. The molecule has 0 bridgehead atoms. The summed E-state index contributed by atoms with van der Waals surface area (Å²) < 4.78 is 5.65. The smallest absolute Gasteiger partial charge is 0.257 e. The van der Waals surface area contributed by atoms with E-state index in [0.717, 1.165) is 0 Å². The van der Waals surface area contributed by atoms with Crippen LogP contribution < -0.4 is 20.7 Å². The molecule has 2 amide bonds. The van der Waals surface area contributed by atoms with Crippen molar-refractivity contribution in [3.8, 4) is 5.75 Å². The summed E-state index contributed by atoms with van der Waals surface area (Å²) >= 11 is 5.22. The highest BCUT2D eigenvalue weighted by Crippen LogP contribution is 2.16. The molecule has 0 aliphatic rings. The number of amides is 2. The van der Waals surface area contributed by atoms with Gasteiger partial charge in [0.15, 0.2) is 5.11 Å². The molecule has 0 saturated carbocycles. The summed E-state index contributed by atoms with van der Waals surface area (Å²) in [6, 6.07) is 14.1. The van der Waals surface area contributed by atoms with Gasteiger partial charge in [0.1, 0.15) is 5.75 Å². The molecule has 0 heterocycles. The number of rotatable bonds is 7. The van der Waals surface area contributed by atoms with Gasteiger partial charge in [-0.3, -0.25) is 14.9 Å². The summed E-state index contributed by atoms with van der Waals surface area (Å²) in [5.41, 5.74) is 1.77. The van der Waals surface area contributed by atoms with Crippen molar-refractivity contribution < 1.29 is 14.3 Å². The number of hydrogen-bond donors (Lipinski definition) is 3. The van der Waals surface area contributed by atoms with Gasteiger partial charge in [0.2, 0.25) is 5.91 Å². The number of thiocarbonyl (C=S) groups is 1. The molecule has 0 atom stereocenters. The first kappa shape index (κ1) is 21.4. The zero-order valence-corrected chi connectivity index (χ0v) is 17.1. The monoisotopic (exact) mass is 399 g/mol. The summed E-state index contributed by atoms with van der Waals surface area (Å²) in [7, 11) is 0. The number of nitrogens with one attached hydrogen (secondary N) is 3. The molecule has 0 aliphatic carbocycles. The number of anilines is 2. The summed E-state index contributed by atoms with van der Waals surface area (Å²) in [4.78, 5) is 23.9. The Balaban J connectivity index is 1.96. The average molecular weight is 400 g/mol. The minimum absolute atomic E-state index is 0.0763. The Labute approximate surface area is 170 Å². The van der Waals surface area contributed by atoms with E-state index in [-0.39, 0.29) is 16.9 Å². The Kier molecular flexibility index (Phi) is 7.95. The molecule has 0 radical (unpaired) electrons. The van der Waals surface area contributed by atoms with Gasteiger partial charge in [-0.2, -0.15) is 0 Å². The number of carbonyl (C=O) groups is 2. The van der Waals surface area contributed by atoms with Gasteiger partial charge < -0.3 is 15.4 Å². The van der Waals surface area contributed by atoms with Crippen LogP contribution in [0.15, 0.2) is 48.5 Å². The van der Waals surface area contributed by atoms with E-state index in [9.17, 15) is 9.59 Å². The molecule has 7 heteroatoms. The average Bonchev–Trinajstić information content (AvgIpc) is 2.66. The molecule has 0 aliphatic heterocycles. The molecule has 0 unspecified atom stereocenters. The topological polar surface area (TPSA) is 79.5 Å². The summed E-state index contributed by atoms with van der Waals surface area (Å²) in [6.07, 6.45) is 0.395. The first-order valence-corrected chi connectivity index (χ1v) is 9.53. The number of hydrogen-bond acceptors (Lipinski definition) is 4. The zero-order valence-electron chi connectivity index (χ0n) is 16.2. The van der Waals surface area contributed by atoms with Gasteiger partial charge in [-0.05, 0) is 54.5 Å². The lowest BCUT2D eigenvalue weighted by Crippen LogP contribution is -2.34. The second-order valence-corrected chi connectivity index (χ2v) is 7.03. The van der Waals surface area contributed by atoms with Crippen molar-refractivity contribution in [2.24, 2.45) is 5.92 Å². The fraction of sp³-hybridized carbons (Fsp3) is 0.286. The van der Waals surface area contributed by atoms with E-state index in [4.69, 9.17) is 17.0 Å². The third-order valence-corrected chi connectivity index (χ3v) is 3.84. The molecule has 6 nitrogen and oxygen atoms in total. The van der Waals surface area contributed by atoms with E-state index >= 15 is 0 Å². The van der Waals surface area contributed by atoms with Crippen LogP contribution in [0.25, 0.3) is 0 Å². The van der Waals surface area contributed by atoms with Crippen LogP contribution >= 0.6 is 12.2 Å². The van der Waals surface area contributed by atoms with Gasteiger partial charge >= 0.3 is 0 Å². The molecule has 0 spiro atoms. The molecule has 0 fully saturated rings. The van der Waals surface area contributed by atoms with E-state index in [1.165, 1.54) is 0 Å². The highest BCUT2D eigenvalue weighted by molar-refractivity contribution is 7.80. The van der Waals surface area contributed by atoms with Crippen LogP contribution in [0.5, 0.6) is 5.75 Å². The predicted octanol–water partition coefficient (Wildman–Crippen LogP) is 4.20. The minimum Gasteiger partial charge on any atom is -0.493 e. The normalized spacial score (nSPS) is 10.3. The third-order valence-electron chi connectivity index (χ3n) is 3.63. The van der Waals surface area contributed by atoms with Crippen molar-refractivity contribution in [2.45, 2.75) is 27.2 Å². The van der Waals surface area contributed by atoms with Crippen LogP contribution in [0, 0.1) is 5.92 Å². The Bertz CT molecular complexity index is 852. The molecule has 148 valence electrons. The maximum absolute atomic E-state index is 12.4. The minimum atomic E-state index is -0.331. The molecule has 2 aromatic carbocycles. The summed E-state index contributed by atoms with van der Waals surface area (Å²) in [5.74, 6) is 0.627. The lowest BCUT2D eigenvalue weighted by molar-refractivity contribution is -0.115. The van der Waals surface area contributed by atoms with Crippen LogP contribution in [0.3, 0.4) is 0 Å². The SMILES string of the molecule is CCC(=O)Nc1cccc(NC(=S)NC(=O)c2cccc(OCC(C)C)c2)c1. The van der Waals surface area contributed by atoms with Crippen molar-refractivity contribution in [1.29, 1.82) is 0 Å².